The van der Waals surface area contributed by atoms with Gasteiger partial charge in [-0.25, -0.2) is 4.79 Å². The number of Topliss-reactive ketones (excluding diaryl/α,β-unsaturated/α-hetero) is 1. The molecule has 16 heavy (non-hydrogen) atoms. The molecular formula is C11H11BrO4. The maximum atomic E-state index is 11.4. The second kappa shape index (κ2) is 4.65. The van der Waals surface area contributed by atoms with E-state index in [1.165, 1.54) is 13.2 Å². The second-order valence-electron chi connectivity index (χ2n) is 3.35. The van der Waals surface area contributed by atoms with Gasteiger partial charge < -0.3 is 9.84 Å². The van der Waals surface area contributed by atoms with Crippen LogP contribution in [0.25, 0.3) is 0 Å². The molecule has 0 amide bonds. The predicted octanol–water partition coefficient (Wildman–Crippen LogP) is 2.34. The number of halogens is 1. The third-order valence-electron chi connectivity index (χ3n) is 2.37. The van der Waals surface area contributed by atoms with Crippen molar-refractivity contribution >= 4 is 27.7 Å². The molecule has 1 N–H and O–H groups in total. The van der Waals surface area contributed by atoms with Crippen molar-refractivity contribution in [2.24, 2.45) is 0 Å². The first-order chi connectivity index (χ1) is 7.40. The summed E-state index contributed by atoms with van der Waals surface area (Å²) in [6.07, 6.45) is 0. The summed E-state index contributed by atoms with van der Waals surface area (Å²) >= 11 is 3.29. The number of carbonyl (C=O) groups excluding carboxylic acids is 1. The maximum Gasteiger partial charge on any atom is 0.377 e. The van der Waals surface area contributed by atoms with Crippen LogP contribution in [0.3, 0.4) is 0 Å². The molecule has 0 aliphatic rings. The van der Waals surface area contributed by atoms with E-state index in [1.54, 1.807) is 6.92 Å². The van der Waals surface area contributed by atoms with Crippen LogP contribution in [0.15, 0.2) is 10.5 Å². The zero-order chi connectivity index (χ0) is 12.5. The molecule has 0 atom stereocenters. The van der Waals surface area contributed by atoms with Gasteiger partial charge in [-0.3, -0.25) is 4.79 Å². The quantitative estimate of drug-likeness (QED) is 0.684. The first-order valence-electron chi connectivity index (χ1n) is 4.51. The molecule has 0 aliphatic heterocycles. The predicted molar refractivity (Wildman–Crippen MR) is 62.1 cm³/mol. The molecule has 1 aromatic carbocycles. The lowest BCUT2D eigenvalue weighted by Gasteiger charge is -2.12. The van der Waals surface area contributed by atoms with Gasteiger partial charge in [-0.2, -0.15) is 0 Å². The standard InChI is InChI=1S/C11H11BrO4/c1-5-4-7(9(13)11(14)15)10(16-3)8(12)6(5)2/h4H,1-3H3,(H,14,15). The van der Waals surface area contributed by atoms with Crippen LogP contribution in [0, 0.1) is 13.8 Å². The SMILES string of the molecule is COc1c(C(=O)C(=O)O)cc(C)c(C)c1Br. The highest BCUT2D eigenvalue weighted by molar-refractivity contribution is 9.10. The Morgan fingerprint density at radius 3 is 2.38 bits per heavy atom. The first kappa shape index (κ1) is 12.7. The highest BCUT2D eigenvalue weighted by atomic mass is 79.9. The molecule has 0 heterocycles. The lowest BCUT2D eigenvalue weighted by Crippen LogP contribution is -2.14. The van der Waals surface area contributed by atoms with Crippen molar-refractivity contribution in [3.63, 3.8) is 0 Å². The molecule has 0 radical (unpaired) electrons. The van der Waals surface area contributed by atoms with E-state index in [9.17, 15) is 9.59 Å². The largest absolute Gasteiger partial charge is 0.495 e. The van der Waals surface area contributed by atoms with Crippen molar-refractivity contribution < 1.29 is 19.4 Å². The number of aliphatic carboxylic acids is 1. The highest BCUT2D eigenvalue weighted by Crippen LogP contribution is 2.34. The highest BCUT2D eigenvalue weighted by Gasteiger charge is 2.23. The zero-order valence-electron chi connectivity index (χ0n) is 9.13. The number of carboxylic acids is 1. The van der Waals surface area contributed by atoms with Gasteiger partial charge in [0.2, 0.25) is 0 Å². The van der Waals surface area contributed by atoms with Gasteiger partial charge in [0.05, 0.1) is 17.1 Å². The summed E-state index contributed by atoms with van der Waals surface area (Å²) in [4.78, 5) is 22.1. The minimum atomic E-state index is -1.49. The van der Waals surface area contributed by atoms with E-state index >= 15 is 0 Å². The molecule has 0 bridgehead atoms. The molecule has 0 aliphatic carbocycles. The second-order valence-corrected chi connectivity index (χ2v) is 4.14. The smallest absolute Gasteiger partial charge is 0.377 e. The van der Waals surface area contributed by atoms with Crippen molar-refractivity contribution in [3.05, 3.63) is 27.2 Å². The van der Waals surface area contributed by atoms with E-state index < -0.39 is 11.8 Å². The molecular weight excluding hydrogens is 276 g/mol. The Labute approximate surface area is 101 Å². The van der Waals surface area contributed by atoms with Crippen molar-refractivity contribution in [3.8, 4) is 5.75 Å². The fraction of sp³-hybridized carbons (Fsp3) is 0.273. The van der Waals surface area contributed by atoms with Gasteiger partial charge in [-0.1, -0.05) is 0 Å². The Morgan fingerprint density at radius 2 is 1.94 bits per heavy atom. The number of hydrogen-bond acceptors (Lipinski definition) is 3. The average molecular weight is 287 g/mol. The van der Waals surface area contributed by atoms with Crippen LogP contribution in [-0.2, 0) is 4.79 Å². The molecule has 0 saturated heterocycles. The topological polar surface area (TPSA) is 63.6 Å². The van der Waals surface area contributed by atoms with Gasteiger partial charge in [0.15, 0.2) is 0 Å². The van der Waals surface area contributed by atoms with E-state index in [-0.39, 0.29) is 11.3 Å². The number of hydrogen-bond donors (Lipinski definition) is 1. The van der Waals surface area contributed by atoms with E-state index in [1.807, 2.05) is 6.92 Å². The molecule has 1 aromatic rings. The van der Waals surface area contributed by atoms with Crippen molar-refractivity contribution in [1.82, 2.24) is 0 Å². The Balaban J connectivity index is 3.51. The summed E-state index contributed by atoms with van der Waals surface area (Å²) in [6.45, 7) is 3.66. The molecule has 5 heteroatoms. The normalized spacial score (nSPS) is 10.0. The van der Waals surface area contributed by atoms with Crippen LogP contribution >= 0.6 is 15.9 Å². The molecule has 0 fully saturated rings. The number of methoxy groups -OCH3 is 1. The minimum absolute atomic E-state index is 0.0602. The minimum Gasteiger partial charge on any atom is -0.495 e. The Hall–Kier alpha value is -1.36. The third-order valence-corrected chi connectivity index (χ3v) is 3.32. The zero-order valence-corrected chi connectivity index (χ0v) is 10.7. The third kappa shape index (κ3) is 2.09. The number of carboxylic acid groups (broad SMARTS) is 1. The van der Waals surface area contributed by atoms with Gasteiger partial charge in [-0.15, -0.1) is 0 Å². The molecule has 0 spiro atoms. The van der Waals surface area contributed by atoms with Crippen LogP contribution in [0.4, 0.5) is 0 Å². The molecule has 4 nitrogen and oxygen atoms in total. The Kier molecular flexibility index (Phi) is 3.70. The van der Waals surface area contributed by atoms with Gasteiger partial charge >= 0.3 is 5.97 Å². The maximum absolute atomic E-state index is 11.4. The van der Waals surface area contributed by atoms with Crippen LogP contribution in [-0.4, -0.2) is 24.0 Å². The van der Waals surface area contributed by atoms with Gasteiger partial charge in [0.25, 0.3) is 5.78 Å². The fourth-order valence-corrected chi connectivity index (χ4v) is 2.02. The summed E-state index contributed by atoms with van der Waals surface area (Å²) in [5.74, 6) is -2.20. The van der Waals surface area contributed by atoms with E-state index in [4.69, 9.17) is 9.84 Å². The molecule has 0 aromatic heterocycles. The number of rotatable bonds is 3. The molecule has 0 saturated carbocycles. The number of benzene rings is 1. The molecule has 1 rings (SSSR count). The molecule has 86 valence electrons. The number of ketones is 1. The Bertz CT molecular complexity index is 466. The first-order valence-corrected chi connectivity index (χ1v) is 5.30. The summed E-state index contributed by atoms with van der Waals surface area (Å²) in [7, 11) is 1.40. The number of carbonyl (C=O) groups is 2. The summed E-state index contributed by atoms with van der Waals surface area (Å²) < 4.78 is 5.66. The van der Waals surface area contributed by atoms with Gasteiger partial charge in [0, 0.05) is 0 Å². The van der Waals surface area contributed by atoms with Gasteiger partial charge in [0.1, 0.15) is 5.75 Å². The van der Waals surface area contributed by atoms with Crippen LogP contribution < -0.4 is 4.74 Å². The van der Waals surface area contributed by atoms with Crippen LogP contribution in [0.1, 0.15) is 21.5 Å². The van der Waals surface area contributed by atoms with Crippen molar-refractivity contribution in [2.75, 3.05) is 7.11 Å². The summed E-state index contributed by atoms with van der Waals surface area (Å²) in [5.41, 5.74) is 1.81. The molecule has 0 unspecified atom stereocenters. The van der Waals surface area contributed by atoms with Crippen LogP contribution in [0.2, 0.25) is 0 Å². The number of ether oxygens (including phenoxy) is 1. The van der Waals surface area contributed by atoms with Crippen molar-refractivity contribution in [2.45, 2.75) is 13.8 Å². The van der Waals surface area contributed by atoms with E-state index in [0.29, 0.717) is 4.47 Å². The fourth-order valence-electron chi connectivity index (χ4n) is 1.34. The Morgan fingerprint density at radius 1 is 1.38 bits per heavy atom. The summed E-state index contributed by atoms with van der Waals surface area (Å²) in [6, 6.07) is 1.52. The lowest BCUT2D eigenvalue weighted by molar-refractivity contribution is -0.131. The van der Waals surface area contributed by atoms with Crippen molar-refractivity contribution in [1.29, 1.82) is 0 Å². The number of aryl methyl sites for hydroxylation is 1. The summed E-state index contributed by atoms with van der Waals surface area (Å²) in [5, 5.41) is 8.69. The van der Waals surface area contributed by atoms with Gasteiger partial charge in [-0.05, 0) is 47.0 Å². The monoisotopic (exact) mass is 286 g/mol. The average Bonchev–Trinajstić information content (AvgIpc) is 2.24. The van der Waals surface area contributed by atoms with E-state index in [0.717, 1.165) is 11.1 Å². The van der Waals surface area contributed by atoms with Crippen LogP contribution in [0.5, 0.6) is 5.75 Å². The lowest BCUT2D eigenvalue weighted by atomic mass is 10.0. The van der Waals surface area contributed by atoms with E-state index in [2.05, 4.69) is 15.9 Å².